The van der Waals surface area contributed by atoms with Crippen LogP contribution in [-0.4, -0.2) is 46.5 Å². The molecular weight excluding hydrogens is 402 g/mol. The highest BCUT2D eigenvalue weighted by Gasteiger charge is 2.31. The molecule has 10 heteroatoms. The lowest BCUT2D eigenvalue weighted by molar-refractivity contribution is 0.445. The number of hydrogen-bond donors (Lipinski definition) is 0. The molecule has 0 spiro atoms. The molecule has 0 N–H and O–H groups in total. The van der Waals surface area contributed by atoms with Gasteiger partial charge in [-0.05, 0) is 54.8 Å². The number of rotatable bonds is 4. The first kappa shape index (κ1) is 18.7. The fraction of sp³-hybridized carbons (Fsp3) is 0.300. The lowest BCUT2D eigenvalue weighted by Gasteiger charge is -2.34. The third kappa shape index (κ3) is 3.41. The second-order valence-corrected chi connectivity index (χ2v) is 7.68. The summed E-state index contributed by atoms with van der Waals surface area (Å²) in [7, 11) is 1.98. The molecule has 4 heterocycles. The highest BCUT2D eigenvalue weighted by molar-refractivity contribution is 6.30. The SMILES string of the molecule is Cn1c(-c2ccncc2)nnc1N1CCCC[C@@H]1c1nnn(-c2cccc(Cl)c2)n1. The summed E-state index contributed by atoms with van der Waals surface area (Å²) in [6.45, 7) is 0.860. The molecule has 0 radical (unpaired) electrons. The number of benzene rings is 1. The van der Waals surface area contributed by atoms with Gasteiger partial charge in [-0.3, -0.25) is 9.55 Å². The van der Waals surface area contributed by atoms with E-state index in [-0.39, 0.29) is 6.04 Å². The van der Waals surface area contributed by atoms with Crippen LogP contribution in [0.1, 0.15) is 31.1 Å². The molecule has 1 atom stereocenters. The van der Waals surface area contributed by atoms with Gasteiger partial charge < -0.3 is 4.90 Å². The summed E-state index contributed by atoms with van der Waals surface area (Å²) >= 11 is 6.10. The molecule has 1 aliphatic heterocycles. The predicted octanol–water partition coefficient (Wildman–Crippen LogP) is 3.24. The lowest BCUT2D eigenvalue weighted by Crippen LogP contribution is -2.36. The molecule has 0 amide bonds. The van der Waals surface area contributed by atoms with Gasteiger partial charge in [-0.25, -0.2) is 0 Å². The molecule has 0 aliphatic carbocycles. The van der Waals surface area contributed by atoms with Crippen molar-refractivity contribution < 1.29 is 0 Å². The van der Waals surface area contributed by atoms with Crippen molar-refractivity contribution in [1.29, 1.82) is 0 Å². The molecule has 1 aromatic carbocycles. The van der Waals surface area contributed by atoms with Crippen molar-refractivity contribution in [3.8, 4) is 17.1 Å². The van der Waals surface area contributed by atoms with Crippen LogP contribution >= 0.6 is 11.6 Å². The van der Waals surface area contributed by atoms with E-state index in [9.17, 15) is 0 Å². The summed E-state index contributed by atoms with van der Waals surface area (Å²) in [5.41, 5.74) is 1.76. The smallest absolute Gasteiger partial charge is 0.227 e. The van der Waals surface area contributed by atoms with Crippen LogP contribution in [0.5, 0.6) is 0 Å². The average Bonchev–Trinajstić information content (AvgIpc) is 3.42. The van der Waals surface area contributed by atoms with Gasteiger partial charge in [0.1, 0.15) is 0 Å². The van der Waals surface area contributed by atoms with Gasteiger partial charge in [-0.15, -0.1) is 25.2 Å². The fourth-order valence-corrected chi connectivity index (χ4v) is 4.02. The average molecular weight is 422 g/mol. The van der Waals surface area contributed by atoms with Crippen LogP contribution in [0, 0.1) is 0 Å². The van der Waals surface area contributed by atoms with Gasteiger partial charge in [0, 0.05) is 36.6 Å². The van der Waals surface area contributed by atoms with Crippen LogP contribution in [0.15, 0.2) is 48.8 Å². The van der Waals surface area contributed by atoms with Crippen LogP contribution in [0.3, 0.4) is 0 Å². The highest BCUT2D eigenvalue weighted by Crippen LogP contribution is 2.33. The number of piperidine rings is 1. The number of halogens is 1. The van der Waals surface area contributed by atoms with Gasteiger partial charge in [-0.2, -0.15) is 0 Å². The minimum Gasteiger partial charge on any atom is -0.330 e. The summed E-state index contributed by atoms with van der Waals surface area (Å²) in [5.74, 6) is 2.26. The van der Waals surface area contributed by atoms with Gasteiger partial charge in [-0.1, -0.05) is 17.7 Å². The van der Waals surface area contributed by atoms with Gasteiger partial charge >= 0.3 is 0 Å². The van der Waals surface area contributed by atoms with Crippen molar-refractivity contribution in [2.45, 2.75) is 25.3 Å². The molecule has 4 aromatic rings. The largest absolute Gasteiger partial charge is 0.330 e. The highest BCUT2D eigenvalue weighted by atomic mass is 35.5. The number of aromatic nitrogens is 8. The maximum Gasteiger partial charge on any atom is 0.227 e. The molecule has 9 nitrogen and oxygen atoms in total. The van der Waals surface area contributed by atoms with Crippen molar-refractivity contribution in [2.24, 2.45) is 7.05 Å². The van der Waals surface area contributed by atoms with Gasteiger partial charge in [0.25, 0.3) is 0 Å². The van der Waals surface area contributed by atoms with E-state index in [1.165, 1.54) is 4.80 Å². The number of nitrogens with zero attached hydrogens (tertiary/aromatic N) is 9. The molecule has 1 saturated heterocycles. The first-order chi connectivity index (χ1) is 14.7. The third-order valence-corrected chi connectivity index (χ3v) is 5.55. The Bertz CT molecular complexity index is 1150. The van der Waals surface area contributed by atoms with Crippen LogP contribution in [0.25, 0.3) is 17.1 Å². The van der Waals surface area contributed by atoms with Crippen molar-refractivity contribution in [1.82, 2.24) is 40.0 Å². The molecule has 152 valence electrons. The Kier molecular flexibility index (Phi) is 4.88. The Balaban J connectivity index is 1.47. The van der Waals surface area contributed by atoms with Crippen molar-refractivity contribution in [3.63, 3.8) is 0 Å². The van der Waals surface area contributed by atoms with E-state index >= 15 is 0 Å². The minimum absolute atomic E-state index is 0.0140. The molecule has 0 unspecified atom stereocenters. The van der Waals surface area contributed by atoms with E-state index in [0.29, 0.717) is 10.8 Å². The standard InChI is InChI=1S/C20H20ClN9/c1-28-19(14-8-10-22-11-9-14)24-25-20(28)29-12-3-2-7-17(29)18-23-27-30(26-18)16-6-4-5-15(21)13-16/h4-6,8-11,13,17H,2-3,7,12H2,1H3/t17-/m1/s1. The topological polar surface area (TPSA) is 90.4 Å². The zero-order valence-corrected chi connectivity index (χ0v) is 17.2. The van der Waals surface area contributed by atoms with Crippen LogP contribution in [0.4, 0.5) is 5.95 Å². The fourth-order valence-electron chi connectivity index (χ4n) is 3.83. The molecule has 3 aromatic heterocycles. The molecular formula is C20H20ClN9. The summed E-state index contributed by atoms with van der Waals surface area (Å²) < 4.78 is 2.01. The first-order valence-electron chi connectivity index (χ1n) is 9.83. The molecule has 1 fully saturated rings. The molecule has 0 bridgehead atoms. The maximum absolute atomic E-state index is 6.10. The van der Waals surface area contributed by atoms with E-state index in [4.69, 9.17) is 11.6 Å². The predicted molar refractivity (Wildman–Crippen MR) is 112 cm³/mol. The van der Waals surface area contributed by atoms with Crippen LogP contribution in [-0.2, 0) is 7.05 Å². The van der Waals surface area contributed by atoms with Gasteiger partial charge in [0.05, 0.1) is 11.7 Å². The number of tetrazole rings is 1. The normalized spacial score (nSPS) is 16.7. The van der Waals surface area contributed by atoms with Crippen LogP contribution < -0.4 is 4.90 Å². The molecule has 30 heavy (non-hydrogen) atoms. The quantitative estimate of drug-likeness (QED) is 0.499. The monoisotopic (exact) mass is 421 g/mol. The molecule has 1 aliphatic rings. The van der Waals surface area contributed by atoms with E-state index in [0.717, 1.165) is 48.8 Å². The Hall–Kier alpha value is -3.33. The molecule has 5 rings (SSSR count). The zero-order valence-electron chi connectivity index (χ0n) is 16.4. The van der Waals surface area contributed by atoms with Gasteiger partial charge in [0.15, 0.2) is 11.6 Å². The van der Waals surface area contributed by atoms with Crippen molar-refractivity contribution >= 4 is 17.5 Å². The van der Waals surface area contributed by atoms with Gasteiger partial charge in [0.2, 0.25) is 5.95 Å². The van der Waals surface area contributed by atoms with E-state index in [1.807, 2.05) is 48.0 Å². The summed E-state index contributed by atoms with van der Waals surface area (Å²) in [6.07, 6.45) is 6.62. The Labute approximate surface area is 178 Å². The Morgan fingerprint density at radius 1 is 1.03 bits per heavy atom. The van der Waals surface area contributed by atoms with Crippen LogP contribution in [0.2, 0.25) is 5.02 Å². The van der Waals surface area contributed by atoms with E-state index in [2.05, 4.69) is 35.5 Å². The number of anilines is 1. The number of pyridine rings is 1. The Morgan fingerprint density at radius 2 is 1.90 bits per heavy atom. The third-order valence-electron chi connectivity index (χ3n) is 5.32. The summed E-state index contributed by atoms with van der Waals surface area (Å²) in [4.78, 5) is 7.82. The van der Waals surface area contributed by atoms with Crippen molar-refractivity contribution in [2.75, 3.05) is 11.4 Å². The number of hydrogen-bond acceptors (Lipinski definition) is 7. The first-order valence-corrected chi connectivity index (χ1v) is 10.2. The second-order valence-electron chi connectivity index (χ2n) is 7.24. The maximum atomic E-state index is 6.10. The molecule has 0 saturated carbocycles. The Morgan fingerprint density at radius 3 is 2.73 bits per heavy atom. The van der Waals surface area contributed by atoms with E-state index in [1.54, 1.807) is 12.4 Å². The minimum atomic E-state index is -0.0140. The lowest BCUT2D eigenvalue weighted by atomic mass is 10.0. The van der Waals surface area contributed by atoms with Crippen molar-refractivity contribution in [3.05, 3.63) is 59.6 Å². The zero-order chi connectivity index (χ0) is 20.5. The van der Waals surface area contributed by atoms with E-state index < -0.39 is 0 Å². The second kappa shape index (κ2) is 7.83. The summed E-state index contributed by atoms with van der Waals surface area (Å²) in [6, 6.07) is 11.3. The summed E-state index contributed by atoms with van der Waals surface area (Å²) in [5, 5.41) is 22.8.